The van der Waals surface area contributed by atoms with Gasteiger partial charge in [-0.1, -0.05) is 31.2 Å². The van der Waals surface area contributed by atoms with Crippen molar-refractivity contribution in [1.29, 1.82) is 0 Å². The van der Waals surface area contributed by atoms with Gasteiger partial charge in [-0.15, -0.1) is 0 Å². The molecule has 0 saturated heterocycles. The zero-order valence-electron chi connectivity index (χ0n) is 16.3. The van der Waals surface area contributed by atoms with Crippen molar-refractivity contribution >= 4 is 27.3 Å². The number of benzene rings is 2. The number of sulfonamides is 1. The molecule has 0 unspecified atom stereocenters. The minimum Gasteiger partial charge on any atom is -0.497 e. The molecule has 0 heterocycles. The Morgan fingerprint density at radius 1 is 1.15 bits per heavy atom. The van der Waals surface area contributed by atoms with Crippen molar-refractivity contribution in [1.82, 2.24) is 0 Å². The first-order valence-electron chi connectivity index (χ1n) is 8.69. The molecule has 0 aliphatic heterocycles. The first kappa shape index (κ1) is 20.8. The van der Waals surface area contributed by atoms with E-state index in [1.807, 2.05) is 32.0 Å². The molecule has 0 saturated carbocycles. The molecule has 0 bridgehead atoms. The van der Waals surface area contributed by atoms with E-state index < -0.39 is 16.1 Å². The van der Waals surface area contributed by atoms with Gasteiger partial charge in [-0.2, -0.15) is 0 Å². The predicted molar refractivity (Wildman–Crippen MR) is 109 cm³/mol. The number of carbonyl (C=O) groups is 1. The lowest BCUT2D eigenvalue weighted by atomic mass is 10.1. The molecule has 27 heavy (non-hydrogen) atoms. The first-order chi connectivity index (χ1) is 12.7. The summed E-state index contributed by atoms with van der Waals surface area (Å²) in [5.74, 6) is 0.148. The highest BCUT2D eigenvalue weighted by Crippen LogP contribution is 2.27. The number of para-hydroxylation sites is 1. The third-order valence-corrected chi connectivity index (χ3v) is 5.55. The maximum absolute atomic E-state index is 13.0. The van der Waals surface area contributed by atoms with E-state index in [0.717, 1.165) is 21.7 Å². The summed E-state index contributed by atoms with van der Waals surface area (Å²) < 4.78 is 31.4. The molecule has 2 rings (SSSR count). The van der Waals surface area contributed by atoms with Crippen LogP contribution >= 0.6 is 0 Å². The molecule has 0 fully saturated rings. The summed E-state index contributed by atoms with van der Waals surface area (Å²) >= 11 is 0. The van der Waals surface area contributed by atoms with Crippen LogP contribution in [0.25, 0.3) is 0 Å². The average Bonchev–Trinajstić information content (AvgIpc) is 2.61. The molecule has 7 heteroatoms. The second-order valence-electron chi connectivity index (χ2n) is 6.44. The van der Waals surface area contributed by atoms with E-state index in [0.29, 0.717) is 23.5 Å². The van der Waals surface area contributed by atoms with Crippen LogP contribution in [0.2, 0.25) is 0 Å². The fraction of sp³-hybridized carbons (Fsp3) is 0.350. The molecule has 0 spiro atoms. The van der Waals surface area contributed by atoms with Crippen molar-refractivity contribution < 1.29 is 17.9 Å². The third kappa shape index (κ3) is 4.80. The van der Waals surface area contributed by atoms with Gasteiger partial charge in [0.05, 0.1) is 19.1 Å². The maximum atomic E-state index is 13.0. The molecule has 2 aromatic rings. The van der Waals surface area contributed by atoms with Gasteiger partial charge < -0.3 is 10.1 Å². The number of methoxy groups -OCH3 is 1. The standard InChI is InChI=1S/C20H26N2O4S/c1-6-18(20(23)21-19-14(2)9-7-10-15(19)3)22(27(5,24)25)16-11-8-12-17(13-16)26-4/h7-13,18H,6H2,1-5H3,(H,21,23)/t18-/m0/s1. The Kier molecular flexibility index (Phi) is 6.49. The Bertz CT molecular complexity index is 905. The van der Waals surface area contributed by atoms with Crippen LogP contribution in [0.5, 0.6) is 5.75 Å². The van der Waals surface area contributed by atoms with Crippen molar-refractivity contribution in [2.45, 2.75) is 33.2 Å². The lowest BCUT2D eigenvalue weighted by Gasteiger charge is -2.30. The summed E-state index contributed by atoms with van der Waals surface area (Å²) in [5.41, 5.74) is 2.94. The van der Waals surface area contributed by atoms with Gasteiger partial charge in [-0.3, -0.25) is 9.10 Å². The van der Waals surface area contributed by atoms with E-state index in [9.17, 15) is 13.2 Å². The SMILES string of the molecule is CC[C@@H](C(=O)Nc1c(C)cccc1C)N(c1cccc(OC)c1)S(C)(=O)=O. The number of anilines is 2. The van der Waals surface area contributed by atoms with Crippen molar-refractivity contribution in [3.05, 3.63) is 53.6 Å². The summed E-state index contributed by atoms with van der Waals surface area (Å²) in [5, 5.41) is 2.90. The molecule has 6 nitrogen and oxygen atoms in total. The lowest BCUT2D eigenvalue weighted by Crippen LogP contribution is -2.47. The highest BCUT2D eigenvalue weighted by atomic mass is 32.2. The van der Waals surface area contributed by atoms with Crippen molar-refractivity contribution in [2.75, 3.05) is 23.0 Å². The first-order valence-corrected chi connectivity index (χ1v) is 10.5. The minimum absolute atomic E-state index is 0.320. The number of amides is 1. The summed E-state index contributed by atoms with van der Waals surface area (Å²) in [6.07, 6.45) is 1.42. The van der Waals surface area contributed by atoms with E-state index >= 15 is 0 Å². The van der Waals surface area contributed by atoms with Gasteiger partial charge in [-0.25, -0.2) is 8.42 Å². The van der Waals surface area contributed by atoms with E-state index in [4.69, 9.17) is 4.74 Å². The van der Waals surface area contributed by atoms with Crippen LogP contribution in [0.15, 0.2) is 42.5 Å². The maximum Gasteiger partial charge on any atom is 0.248 e. The Labute approximate surface area is 161 Å². The molecule has 0 aliphatic carbocycles. The summed E-state index contributed by atoms with van der Waals surface area (Å²) in [4.78, 5) is 13.0. The topological polar surface area (TPSA) is 75.7 Å². The van der Waals surface area contributed by atoms with Crippen LogP contribution in [0.4, 0.5) is 11.4 Å². The Hall–Kier alpha value is -2.54. The van der Waals surface area contributed by atoms with E-state index in [1.54, 1.807) is 31.2 Å². The molecule has 1 amide bonds. The molecule has 0 radical (unpaired) electrons. The molecular weight excluding hydrogens is 364 g/mol. The number of nitrogens with zero attached hydrogens (tertiary/aromatic N) is 1. The van der Waals surface area contributed by atoms with Crippen LogP contribution in [-0.2, 0) is 14.8 Å². The number of nitrogens with one attached hydrogen (secondary N) is 1. The monoisotopic (exact) mass is 390 g/mol. The van der Waals surface area contributed by atoms with Crippen LogP contribution in [0.3, 0.4) is 0 Å². The Morgan fingerprint density at radius 3 is 2.26 bits per heavy atom. The second-order valence-corrected chi connectivity index (χ2v) is 8.30. The zero-order valence-corrected chi connectivity index (χ0v) is 17.1. The number of carbonyl (C=O) groups excluding carboxylic acids is 1. The smallest absolute Gasteiger partial charge is 0.248 e. The normalized spacial score (nSPS) is 12.3. The van der Waals surface area contributed by atoms with Gasteiger partial charge >= 0.3 is 0 Å². The highest BCUT2D eigenvalue weighted by molar-refractivity contribution is 7.92. The number of aryl methyl sites for hydroxylation is 2. The minimum atomic E-state index is -3.69. The molecule has 0 aromatic heterocycles. The number of hydrogen-bond donors (Lipinski definition) is 1. The molecule has 0 aliphatic rings. The van der Waals surface area contributed by atoms with Crippen molar-refractivity contribution in [3.8, 4) is 5.75 Å². The number of rotatable bonds is 7. The summed E-state index contributed by atoms with van der Waals surface area (Å²) in [6, 6.07) is 11.5. The predicted octanol–water partition coefficient (Wildman–Crippen LogP) is 3.50. The number of ether oxygens (including phenoxy) is 1. The zero-order chi connectivity index (χ0) is 20.2. The van der Waals surface area contributed by atoms with E-state index in [-0.39, 0.29) is 5.91 Å². The van der Waals surface area contributed by atoms with E-state index in [2.05, 4.69) is 5.32 Å². The largest absolute Gasteiger partial charge is 0.497 e. The lowest BCUT2D eigenvalue weighted by molar-refractivity contribution is -0.117. The molecule has 1 atom stereocenters. The van der Waals surface area contributed by atoms with Crippen LogP contribution in [0, 0.1) is 13.8 Å². The fourth-order valence-corrected chi connectivity index (χ4v) is 4.23. The number of hydrogen-bond acceptors (Lipinski definition) is 4. The van der Waals surface area contributed by atoms with Crippen LogP contribution in [-0.4, -0.2) is 33.7 Å². The molecule has 146 valence electrons. The van der Waals surface area contributed by atoms with Crippen LogP contribution < -0.4 is 14.4 Å². The molecule has 2 aromatic carbocycles. The third-order valence-electron chi connectivity index (χ3n) is 4.37. The Morgan fingerprint density at radius 2 is 1.74 bits per heavy atom. The molecule has 1 N–H and O–H groups in total. The molecular formula is C20H26N2O4S. The van der Waals surface area contributed by atoms with Gasteiger partial charge in [0.1, 0.15) is 11.8 Å². The van der Waals surface area contributed by atoms with E-state index in [1.165, 1.54) is 7.11 Å². The summed E-state index contributed by atoms with van der Waals surface area (Å²) in [7, 11) is -2.19. The fourth-order valence-electron chi connectivity index (χ4n) is 3.03. The van der Waals surface area contributed by atoms with Gasteiger partial charge in [0, 0.05) is 11.8 Å². The second kappa shape index (κ2) is 8.43. The van der Waals surface area contributed by atoms with Crippen molar-refractivity contribution in [3.63, 3.8) is 0 Å². The van der Waals surface area contributed by atoms with Crippen LogP contribution in [0.1, 0.15) is 24.5 Å². The van der Waals surface area contributed by atoms with Gasteiger partial charge in [0.15, 0.2) is 0 Å². The van der Waals surface area contributed by atoms with Gasteiger partial charge in [-0.05, 0) is 43.5 Å². The quantitative estimate of drug-likeness (QED) is 0.785. The van der Waals surface area contributed by atoms with Gasteiger partial charge in [0.2, 0.25) is 15.9 Å². The highest BCUT2D eigenvalue weighted by Gasteiger charge is 2.32. The average molecular weight is 391 g/mol. The Balaban J connectivity index is 2.44. The van der Waals surface area contributed by atoms with Crippen molar-refractivity contribution in [2.24, 2.45) is 0 Å². The summed E-state index contributed by atoms with van der Waals surface area (Å²) in [6.45, 7) is 5.59. The van der Waals surface area contributed by atoms with Gasteiger partial charge in [0.25, 0.3) is 0 Å².